The standard InChI is InChI=1S/C17H24N4O5S/c1-17(2,27(24,25)13-7-9-26-10-8-13)15(23)19-16-18-14(20-21-16)11-3-5-12(22)6-4-11/h3-6,13,16,21-22H,7-10H2,1-2H3,(H,18,20)(H,19,23). The maximum Gasteiger partial charge on any atom is 0.243 e. The van der Waals surface area contributed by atoms with E-state index in [1.165, 1.54) is 26.0 Å². The van der Waals surface area contributed by atoms with E-state index in [1.54, 1.807) is 12.1 Å². The molecule has 1 aromatic rings. The molecule has 1 amide bonds. The molecule has 2 heterocycles. The van der Waals surface area contributed by atoms with Gasteiger partial charge in [0.15, 0.2) is 16.1 Å². The molecule has 1 unspecified atom stereocenters. The smallest absolute Gasteiger partial charge is 0.243 e. The first-order valence-corrected chi connectivity index (χ1v) is 10.3. The van der Waals surface area contributed by atoms with Crippen molar-refractivity contribution in [3.63, 3.8) is 0 Å². The van der Waals surface area contributed by atoms with Crippen LogP contribution < -0.4 is 16.2 Å². The van der Waals surface area contributed by atoms with Gasteiger partial charge in [-0.3, -0.25) is 4.79 Å². The van der Waals surface area contributed by atoms with Gasteiger partial charge < -0.3 is 20.6 Å². The highest BCUT2D eigenvalue weighted by atomic mass is 32.2. The molecule has 3 rings (SSSR count). The third-order valence-electron chi connectivity index (χ3n) is 4.86. The molecule has 0 saturated carbocycles. The van der Waals surface area contributed by atoms with Crippen LogP contribution in [0.5, 0.6) is 5.75 Å². The summed E-state index contributed by atoms with van der Waals surface area (Å²) in [7, 11) is -3.69. The van der Waals surface area contributed by atoms with E-state index in [0.29, 0.717) is 37.5 Å². The molecule has 0 aromatic heterocycles. The van der Waals surface area contributed by atoms with Crippen LogP contribution in [-0.2, 0) is 19.4 Å². The second-order valence-electron chi connectivity index (χ2n) is 7.04. The van der Waals surface area contributed by atoms with Gasteiger partial charge in [-0.25, -0.2) is 13.4 Å². The number of amidine groups is 1. The molecule has 1 saturated heterocycles. The van der Waals surface area contributed by atoms with E-state index in [4.69, 9.17) is 4.74 Å². The quantitative estimate of drug-likeness (QED) is 0.552. The van der Waals surface area contributed by atoms with Crippen molar-refractivity contribution in [1.82, 2.24) is 16.2 Å². The Morgan fingerprint density at radius 3 is 2.52 bits per heavy atom. The zero-order chi connectivity index (χ0) is 19.7. The molecular weight excluding hydrogens is 372 g/mol. The maximum absolute atomic E-state index is 12.9. The lowest BCUT2D eigenvalue weighted by Crippen LogP contribution is -2.56. The molecule has 0 spiro atoms. The number of hydrogen-bond acceptors (Lipinski definition) is 8. The molecule has 9 nitrogen and oxygen atoms in total. The number of aromatic hydroxyl groups is 1. The molecule has 2 aliphatic rings. The van der Waals surface area contributed by atoms with Crippen molar-refractivity contribution in [2.75, 3.05) is 13.2 Å². The highest BCUT2D eigenvalue weighted by Crippen LogP contribution is 2.28. The molecule has 27 heavy (non-hydrogen) atoms. The number of hydrazine groups is 1. The number of phenolic OH excluding ortho intramolecular Hbond substituents is 1. The lowest BCUT2D eigenvalue weighted by molar-refractivity contribution is -0.123. The van der Waals surface area contributed by atoms with Crippen LogP contribution in [0.15, 0.2) is 29.3 Å². The number of carbonyl (C=O) groups excluding carboxylic acids is 1. The average molecular weight is 396 g/mol. The van der Waals surface area contributed by atoms with Crippen molar-refractivity contribution in [2.45, 2.75) is 43.0 Å². The number of carbonyl (C=O) groups is 1. The zero-order valence-corrected chi connectivity index (χ0v) is 16.0. The molecule has 1 aromatic carbocycles. The van der Waals surface area contributed by atoms with Crippen LogP contribution in [0.3, 0.4) is 0 Å². The fourth-order valence-corrected chi connectivity index (χ4v) is 4.96. The number of ether oxygens (including phenoxy) is 1. The lowest BCUT2D eigenvalue weighted by Gasteiger charge is -2.31. The Kier molecular flexibility index (Phi) is 5.41. The van der Waals surface area contributed by atoms with Crippen molar-refractivity contribution in [1.29, 1.82) is 0 Å². The Balaban J connectivity index is 1.69. The summed E-state index contributed by atoms with van der Waals surface area (Å²) in [5.41, 5.74) is 6.34. The summed E-state index contributed by atoms with van der Waals surface area (Å²) in [6, 6.07) is 6.39. The summed E-state index contributed by atoms with van der Waals surface area (Å²) in [4.78, 5) is 17.0. The summed E-state index contributed by atoms with van der Waals surface area (Å²) < 4.78 is 29.5. The maximum atomic E-state index is 12.9. The van der Waals surface area contributed by atoms with Crippen LogP contribution in [-0.4, -0.2) is 54.8 Å². The first-order valence-electron chi connectivity index (χ1n) is 8.73. The van der Waals surface area contributed by atoms with Crippen LogP contribution in [0.4, 0.5) is 0 Å². The summed E-state index contributed by atoms with van der Waals surface area (Å²) in [5.74, 6) is -0.00961. The van der Waals surface area contributed by atoms with E-state index in [1.807, 2.05) is 0 Å². The molecule has 0 aliphatic carbocycles. The number of aliphatic imine (C=N–C) groups is 1. The predicted molar refractivity (Wildman–Crippen MR) is 99.7 cm³/mol. The monoisotopic (exact) mass is 396 g/mol. The van der Waals surface area contributed by atoms with E-state index in [9.17, 15) is 18.3 Å². The van der Waals surface area contributed by atoms with Crippen LogP contribution in [0, 0.1) is 0 Å². The van der Waals surface area contributed by atoms with Gasteiger partial charge in [-0.15, -0.1) is 0 Å². The molecule has 1 atom stereocenters. The SMILES string of the molecule is CC(C)(C(=O)NC1N=C(c2ccc(O)cc2)NN1)S(=O)(=O)C1CCOCC1. The van der Waals surface area contributed by atoms with Gasteiger partial charge in [-0.1, -0.05) is 0 Å². The van der Waals surface area contributed by atoms with Gasteiger partial charge in [0.05, 0.1) is 5.25 Å². The topological polar surface area (TPSA) is 129 Å². The van der Waals surface area contributed by atoms with E-state index < -0.39 is 32.0 Å². The van der Waals surface area contributed by atoms with Crippen LogP contribution in [0.2, 0.25) is 0 Å². The van der Waals surface area contributed by atoms with Crippen molar-refractivity contribution < 1.29 is 23.1 Å². The molecule has 4 N–H and O–H groups in total. The molecule has 2 aliphatic heterocycles. The minimum Gasteiger partial charge on any atom is -0.508 e. The fraction of sp³-hybridized carbons (Fsp3) is 0.529. The normalized spacial score (nSPS) is 21.4. The second-order valence-corrected chi connectivity index (χ2v) is 9.81. The molecule has 148 valence electrons. The molecule has 10 heteroatoms. The van der Waals surface area contributed by atoms with Crippen molar-refractivity contribution >= 4 is 21.6 Å². The van der Waals surface area contributed by atoms with E-state index in [-0.39, 0.29) is 5.75 Å². The average Bonchev–Trinajstić information content (AvgIpc) is 3.11. The number of nitrogens with one attached hydrogen (secondary N) is 3. The fourth-order valence-electron chi connectivity index (χ4n) is 2.99. The van der Waals surface area contributed by atoms with Crippen molar-refractivity contribution in [3.8, 4) is 5.75 Å². The number of rotatable bonds is 5. The summed E-state index contributed by atoms with van der Waals surface area (Å²) in [6.45, 7) is 3.60. The Morgan fingerprint density at radius 2 is 1.89 bits per heavy atom. The van der Waals surface area contributed by atoms with Crippen molar-refractivity contribution in [3.05, 3.63) is 29.8 Å². The van der Waals surface area contributed by atoms with Gasteiger partial charge in [0, 0.05) is 18.8 Å². The minimum atomic E-state index is -3.69. The zero-order valence-electron chi connectivity index (χ0n) is 15.2. The summed E-state index contributed by atoms with van der Waals surface area (Å²) >= 11 is 0. The largest absolute Gasteiger partial charge is 0.508 e. The third kappa shape index (κ3) is 3.92. The molecule has 0 radical (unpaired) electrons. The molecular formula is C17H24N4O5S. The minimum absolute atomic E-state index is 0.134. The highest BCUT2D eigenvalue weighted by molar-refractivity contribution is 7.94. The number of sulfone groups is 1. The number of hydrogen-bond donors (Lipinski definition) is 4. The van der Waals surface area contributed by atoms with E-state index in [2.05, 4.69) is 21.2 Å². The number of benzene rings is 1. The second kappa shape index (κ2) is 7.45. The van der Waals surface area contributed by atoms with E-state index >= 15 is 0 Å². The number of phenols is 1. The van der Waals surface area contributed by atoms with Gasteiger partial charge in [0.2, 0.25) is 5.91 Å². The highest BCUT2D eigenvalue weighted by Gasteiger charge is 2.47. The first-order chi connectivity index (χ1) is 12.7. The Hall–Kier alpha value is -2.17. The van der Waals surface area contributed by atoms with Crippen LogP contribution in [0.1, 0.15) is 32.3 Å². The van der Waals surface area contributed by atoms with E-state index in [0.717, 1.165) is 0 Å². The Labute approximate surface area is 158 Å². The van der Waals surface area contributed by atoms with Gasteiger partial charge in [-0.05, 0) is 51.0 Å². The predicted octanol–water partition coefficient (Wildman–Crippen LogP) is 0.0188. The van der Waals surface area contributed by atoms with Crippen LogP contribution >= 0.6 is 0 Å². The van der Waals surface area contributed by atoms with Gasteiger partial charge in [-0.2, -0.15) is 5.43 Å². The Morgan fingerprint density at radius 1 is 1.26 bits per heavy atom. The number of nitrogens with zero attached hydrogens (tertiary/aromatic N) is 1. The van der Waals surface area contributed by atoms with Gasteiger partial charge in [0.1, 0.15) is 16.3 Å². The Bertz CT molecular complexity index is 829. The first kappa shape index (κ1) is 19.6. The lowest BCUT2D eigenvalue weighted by atomic mass is 10.2. The molecule has 1 fully saturated rings. The summed E-state index contributed by atoms with van der Waals surface area (Å²) in [5, 5.41) is 11.4. The summed E-state index contributed by atoms with van der Waals surface area (Å²) in [6.07, 6.45) is -0.0119. The number of amides is 1. The van der Waals surface area contributed by atoms with Gasteiger partial charge >= 0.3 is 0 Å². The third-order valence-corrected chi connectivity index (χ3v) is 7.82. The molecule has 0 bridgehead atoms. The van der Waals surface area contributed by atoms with Crippen molar-refractivity contribution in [2.24, 2.45) is 4.99 Å². The van der Waals surface area contributed by atoms with Gasteiger partial charge in [0.25, 0.3) is 0 Å². The van der Waals surface area contributed by atoms with Crippen LogP contribution in [0.25, 0.3) is 0 Å².